The van der Waals surface area contributed by atoms with E-state index in [1.807, 2.05) is 13.0 Å². The molecule has 0 bridgehead atoms. The summed E-state index contributed by atoms with van der Waals surface area (Å²) in [5.74, 6) is -0.270. The fraction of sp³-hybridized carbons (Fsp3) is 0.375. The standard InChI is InChI=1S/C32H38ClN3O5S/c1-23-12-14-28(15-13-23)36(42(39,40)30-18-16-29(41-3)17-19-30)22-31(37)35(21-25-8-7-9-26(33)20-25)24(2)32(38)34-27-10-5-4-6-11-27/h7-9,12-20,24,27H,4-6,10-11,21-22H2,1-3H3,(H,34,38)/t24-/m0/s1. The van der Waals surface area contributed by atoms with Crippen LogP contribution in [0.2, 0.25) is 5.02 Å². The van der Waals surface area contributed by atoms with Gasteiger partial charge >= 0.3 is 0 Å². The lowest BCUT2D eigenvalue weighted by Gasteiger charge is -2.33. The molecule has 0 heterocycles. The van der Waals surface area contributed by atoms with Gasteiger partial charge in [-0.25, -0.2) is 8.42 Å². The zero-order valence-electron chi connectivity index (χ0n) is 24.3. The molecule has 10 heteroatoms. The van der Waals surface area contributed by atoms with Gasteiger partial charge in [0.25, 0.3) is 10.0 Å². The summed E-state index contributed by atoms with van der Waals surface area (Å²) < 4.78 is 34.2. The highest BCUT2D eigenvalue weighted by Gasteiger charge is 2.33. The summed E-state index contributed by atoms with van der Waals surface area (Å²) in [7, 11) is -2.66. The molecule has 0 aromatic heterocycles. The van der Waals surface area contributed by atoms with E-state index in [0.717, 1.165) is 47.5 Å². The third-order valence-electron chi connectivity index (χ3n) is 7.61. The lowest BCUT2D eigenvalue weighted by atomic mass is 9.95. The maximum atomic E-state index is 14.1. The highest BCUT2D eigenvalue weighted by Crippen LogP contribution is 2.27. The van der Waals surface area contributed by atoms with Crippen molar-refractivity contribution in [3.63, 3.8) is 0 Å². The molecule has 1 atom stereocenters. The highest BCUT2D eigenvalue weighted by molar-refractivity contribution is 7.92. The summed E-state index contributed by atoms with van der Waals surface area (Å²) in [6.07, 6.45) is 5.07. The van der Waals surface area contributed by atoms with E-state index in [9.17, 15) is 18.0 Å². The Hall–Kier alpha value is -3.56. The number of sulfonamides is 1. The quantitative estimate of drug-likeness (QED) is 0.299. The smallest absolute Gasteiger partial charge is 0.264 e. The SMILES string of the molecule is COc1ccc(S(=O)(=O)N(CC(=O)N(Cc2cccc(Cl)c2)[C@@H](C)C(=O)NC2CCCCC2)c2ccc(C)cc2)cc1. The van der Waals surface area contributed by atoms with E-state index in [0.29, 0.717) is 16.5 Å². The molecule has 0 saturated heterocycles. The number of carbonyl (C=O) groups is 2. The van der Waals surface area contributed by atoms with Crippen LogP contribution in [0.3, 0.4) is 0 Å². The number of carbonyl (C=O) groups excluding carboxylic acids is 2. The number of anilines is 1. The van der Waals surface area contributed by atoms with E-state index in [2.05, 4.69) is 5.32 Å². The van der Waals surface area contributed by atoms with Gasteiger partial charge in [-0.1, -0.05) is 60.7 Å². The second-order valence-corrected chi connectivity index (χ2v) is 13.0. The molecule has 1 N–H and O–H groups in total. The lowest BCUT2D eigenvalue weighted by Crippen LogP contribution is -2.53. The molecule has 42 heavy (non-hydrogen) atoms. The monoisotopic (exact) mass is 611 g/mol. The minimum absolute atomic E-state index is 0.0150. The first-order valence-electron chi connectivity index (χ1n) is 14.2. The van der Waals surface area contributed by atoms with Crippen molar-refractivity contribution in [3.8, 4) is 5.75 Å². The van der Waals surface area contributed by atoms with Crippen molar-refractivity contribution in [2.45, 2.75) is 69.5 Å². The lowest BCUT2D eigenvalue weighted by molar-refractivity contribution is -0.139. The van der Waals surface area contributed by atoms with E-state index < -0.39 is 28.5 Å². The number of aryl methyl sites for hydroxylation is 1. The maximum absolute atomic E-state index is 14.1. The molecule has 1 aliphatic rings. The normalized spacial score (nSPS) is 14.6. The number of benzene rings is 3. The Bertz CT molecular complexity index is 1470. The van der Waals surface area contributed by atoms with Gasteiger partial charge in [-0.05, 0) is 80.8 Å². The molecule has 0 spiro atoms. The molecule has 1 fully saturated rings. The van der Waals surface area contributed by atoms with Crippen LogP contribution >= 0.6 is 11.6 Å². The Morgan fingerprint density at radius 1 is 1.00 bits per heavy atom. The highest BCUT2D eigenvalue weighted by atomic mass is 35.5. The molecule has 8 nitrogen and oxygen atoms in total. The Morgan fingerprint density at radius 3 is 2.29 bits per heavy atom. The Balaban J connectivity index is 1.67. The van der Waals surface area contributed by atoms with E-state index in [1.165, 1.54) is 24.1 Å². The van der Waals surface area contributed by atoms with E-state index in [-0.39, 0.29) is 23.4 Å². The van der Waals surface area contributed by atoms with Crippen molar-refractivity contribution in [2.75, 3.05) is 18.0 Å². The molecule has 224 valence electrons. The molecule has 1 saturated carbocycles. The zero-order chi connectivity index (χ0) is 30.3. The minimum Gasteiger partial charge on any atom is -0.497 e. The number of ether oxygens (including phenoxy) is 1. The van der Waals surface area contributed by atoms with Crippen molar-refractivity contribution in [1.29, 1.82) is 0 Å². The number of hydrogen-bond acceptors (Lipinski definition) is 5. The van der Waals surface area contributed by atoms with Crippen molar-refractivity contribution in [2.24, 2.45) is 0 Å². The van der Waals surface area contributed by atoms with Gasteiger partial charge in [-0.3, -0.25) is 13.9 Å². The first-order valence-corrected chi connectivity index (χ1v) is 16.0. The molecule has 3 aromatic rings. The number of amides is 2. The average Bonchev–Trinajstić information content (AvgIpc) is 2.99. The number of hydrogen-bond donors (Lipinski definition) is 1. The van der Waals surface area contributed by atoms with Crippen molar-refractivity contribution in [3.05, 3.63) is 88.9 Å². The van der Waals surface area contributed by atoms with Crippen molar-refractivity contribution >= 4 is 39.1 Å². The minimum atomic E-state index is -4.16. The number of halogens is 1. The second kappa shape index (κ2) is 14.1. The van der Waals surface area contributed by atoms with E-state index in [1.54, 1.807) is 61.5 Å². The van der Waals surface area contributed by atoms with Crippen LogP contribution in [0.1, 0.15) is 50.2 Å². The second-order valence-electron chi connectivity index (χ2n) is 10.7. The van der Waals surface area contributed by atoms with Crippen LogP contribution in [-0.4, -0.2) is 50.9 Å². The summed E-state index contributed by atoms with van der Waals surface area (Å²) in [5, 5.41) is 3.61. The average molecular weight is 612 g/mol. The fourth-order valence-corrected chi connectivity index (χ4v) is 6.73. The van der Waals surface area contributed by atoms with Crippen LogP contribution < -0.4 is 14.4 Å². The van der Waals surface area contributed by atoms with Crippen molar-refractivity contribution < 1.29 is 22.7 Å². The number of rotatable bonds is 11. The van der Waals surface area contributed by atoms with Crippen LogP contribution in [0.5, 0.6) is 5.75 Å². The zero-order valence-corrected chi connectivity index (χ0v) is 25.8. The van der Waals surface area contributed by atoms with Gasteiger partial charge in [0, 0.05) is 17.6 Å². The Kier molecular flexibility index (Phi) is 10.5. The third kappa shape index (κ3) is 7.83. The van der Waals surface area contributed by atoms with E-state index in [4.69, 9.17) is 16.3 Å². The number of nitrogens with zero attached hydrogens (tertiary/aromatic N) is 2. The predicted octanol–water partition coefficient (Wildman–Crippen LogP) is 5.72. The van der Waals surface area contributed by atoms with Crippen LogP contribution in [0.4, 0.5) is 5.69 Å². The van der Waals surface area contributed by atoms with Gasteiger partial charge in [-0.15, -0.1) is 0 Å². The molecule has 0 aliphatic heterocycles. The number of methoxy groups -OCH3 is 1. The summed E-state index contributed by atoms with van der Waals surface area (Å²) in [5.41, 5.74) is 2.02. The first-order chi connectivity index (χ1) is 20.1. The molecule has 1 aliphatic carbocycles. The molecule has 2 amide bonds. The molecule has 3 aromatic carbocycles. The summed E-state index contributed by atoms with van der Waals surface area (Å²) >= 11 is 6.23. The number of nitrogens with one attached hydrogen (secondary N) is 1. The molecule has 0 unspecified atom stereocenters. The van der Waals surface area contributed by atoms with Crippen molar-refractivity contribution in [1.82, 2.24) is 10.2 Å². The van der Waals surface area contributed by atoms with Crippen LogP contribution in [0.25, 0.3) is 0 Å². The van der Waals surface area contributed by atoms with Gasteiger partial charge in [0.15, 0.2) is 0 Å². The first kappa shape index (κ1) is 31.4. The summed E-state index contributed by atoms with van der Waals surface area (Å²) in [4.78, 5) is 28.9. The van der Waals surface area contributed by atoms with Crippen LogP contribution in [-0.2, 0) is 26.2 Å². The molecular weight excluding hydrogens is 574 g/mol. The summed E-state index contributed by atoms with van der Waals surface area (Å²) in [6, 6.07) is 19.2. The molecule has 0 radical (unpaired) electrons. The van der Waals surface area contributed by atoms with Gasteiger partial charge < -0.3 is 15.0 Å². The molecular formula is C32H38ClN3O5S. The third-order valence-corrected chi connectivity index (χ3v) is 9.63. The Morgan fingerprint density at radius 2 is 1.67 bits per heavy atom. The van der Waals surface area contributed by atoms with Gasteiger partial charge in [0.2, 0.25) is 11.8 Å². The van der Waals surface area contributed by atoms with Gasteiger partial charge in [0.05, 0.1) is 17.7 Å². The fourth-order valence-electron chi connectivity index (χ4n) is 5.10. The summed E-state index contributed by atoms with van der Waals surface area (Å²) in [6.45, 7) is 3.16. The topological polar surface area (TPSA) is 96.0 Å². The predicted molar refractivity (Wildman–Crippen MR) is 165 cm³/mol. The van der Waals surface area contributed by atoms with Gasteiger partial charge in [0.1, 0.15) is 18.3 Å². The van der Waals surface area contributed by atoms with Crippen LogP contribution in [0, 0.1) is 6.92 Å². The largest absolute Gasteiger partial charge is 0.497 e. The van der Waals surface area contributed by atoms with E-state index >= 15 is 0 Å². The maximum Gasteiger partial charge on any atom is 0.264 e. The molecule has 4 rings (SSSR count). The van der Waals surface area contributed by atoms with Gasteiger partial charge in [-0.2, -0.15) is 0 Å². The van der Waals surface area contributed by atoms with Crippen LogP contribution in [0.15, 0.2) is 77.7 Å². The Labute approximate surface area is 253 Å².